The van der Waals surface area contributed by atoms with Crippen LogP contribution >= 0.6 is 0 Å². The van der Waals surface area contributed by atoms with Crippen LogP contribution in [-0.2, 0) is 4.74 Å². The maximum Gasteiger partial charge on any atom is 0.407 e. The van der Waals surface area contributed by atoms with Crippen LogP contribution in [0.3, 0.4) is 0 Å². The van der Waals surface area contributed by atoms with E-state index >= 15 is 0 Å². The molecule has 23 heavy (non-hydrogen) atoms. The van der Waals surface area contributed by atoms with Gasteiger partial charge in [0.25, 0.3) is 5.91 Å². The Morgan fingerprint density at radius 2 is 1.83 bits per heavy atom. The topological polar surface area (TPSA) is 84.7 Å². The van der Waals surface area contributed by atoms with Crippen molar-refractivity contribution in [1.29, 1.82) is 0 Å². The number of rotatable bonds is 2. The molecule has 1 fully saturated rings. The largest absolute Gasteiger partial charge is 0.444 e. The monoisotopic (exact) mass is 319 g/mol. The fraction of sp³-hybridized carbons (Fsp3) is 0.529. The van der Waals surface area contributed by atoms with Gasteiger partial charge in [0.15, 0.2) is 0 Å². The number of likely N-dealkylation sites (tertiary alicyclic amines) is 1. The summed E-state index contributed by atoms with van der Waals surface area (Å²) in [5.41, 5.74) is 6.38. The summed E-state index contributed by atoms with van der Waals surface area (Å²) >= 11 is 0. The molecule has 6 nitrogen and oxygen atoms in total. The maximum absolute atomic E-state index is 12.5. The van der Waals surface area contributed by atoms with Crippen LogP contribution in [-0.4, -0.2) is 41.6 Å². The molecule has 1 aromatic carbocycles. The predicted molar refractivity (Wildman–Crippen MR) is 89.1 cm³/mol. The van der Waals surface area contributed by atoms with Gasteiger partial charge in [0.1, 0.15) is 5.60 Å². The Hall–Kier alpha value is -2.24. The number of amides is 2. The van der Waals surface area contributed by atoms with Crippen molar-refractivity contribution in [2.24, 2.45) is 0 Å². The zero-order chi connectivity index (χ0) is 17.0. The molecule has 0 unspecified atom stereocenters. The molecule has 1 aliphatic rings. The van der Waals surface area contributed by atoms with Gasteiger partial charge in [-0.3, -0.25) is 4.79 Å². The number of hydrogen-bond acceptors (Lipinski definition) is 4. The van der Waals surface area contributed by atoms with Crippen LogP contribution in [0.25, 0.3) is 0 Å². The van der Waals surface area contributed by atoms with Crippen molar-refractivity contribution < 1.29 is 14.3 Å². The average molecular weight is 319 g/mol. The van der Waals surface area contributed by atoms with Crippen molar-refractivity contribution in [2.45, 2.75) is 45.3 Å². The van der Waals surface area contributed by atoms with E-state index in [0.717, 1.165) is 0 Å². The molecule has 2 rings (SSSR count). The first-order valence-corrected chi connectivity index (χ1v) is 7.89. The molecular weight excluding hydrogens is 294 g/mol. The number of piperidine rings is 1. The van der Waals surface area contributed by atoms with E-state index < -0.39 is 11.7 Å². The van der Waals surface area contributed by atoms with Crippen molar-refractivity contribution in [3.05, 3.63) is 29.8 Å². The Morgan fingerprint density at radius 1 is 1.22 bits per heavy atom. The van der Waals surface area contributed by atoms with E-state index in [1.165, 1.54) is 0 Å². The summed E-state index contributed by atoms with van der Waals surface area (Å²) in [6, 6.07) is 7.11. The molecule has 0 aromatic heterocycles. The van der Waals surface area contributed by atoms with E-state index in [0.29, 0.717) is 37.2 Å². The molecule has 0 radical (unpaired) electrons. The molecule has 0 saturated carbocycles. The number of alkyl carbamates (subject to hydrolysis) is 1. The van der Waals surface area contributed by atoms with E-state index in [1.54, 1.807) is 23.1 Å². The van der Waals surface area contributed by atoms with Gasteiger partial charge < -0.3 is 20.7 Å². The SMILES string of the molecule is CC(C)(C)OC(=O)NC1CCN(C(=O)c2ccccc2N)CC1. The van der Waals surface area contributed by atoms with E-state index in [4.69, 9.17) is 10.5 Å². The molecule has 1 saturated heterocycles. The highest BCUT2D eigenvalue weighted by atomic mass is 16.6. The smallest absolute Gasteiger partial charge is 0.407 e. The van der Waals surface area contributed by atoms with Crippen LogP contribution in [0.4, 0.5) is 10.5 Å². The lowest BCUT2D eigenvalue weighted by atomic mass is 10.0. The highest BCUT2D eigenvalue weighted by Crippen LogP contribution is 2.18. The van der Waals surface area contributed by atoms with Crippen molar-refractivity contribution in [1.82, 2.24) is 10.2 Å². The highest BCUT2D eigenvalue weighted by Gasteiger charge is 2.26. The number of carbonyl (C=O) groups is 2. The van der Waals surface area contributed by atoms with Gasteiger partial charge in [0.2, 0.25) is 0 Å². The number of anilines is 1. The Balaban J connectivity index is 1.85. The third kappa shape index (κ3) is 4.87. The van der Waals surface area contributed by atoms with Crippen LogP contribution in [0, 0.1) is 0 Å². The van der Waals surface area contributed by atoms with Crippen molar-refractivity contribution in [2.75, 3.05) is 18.8 Å². The average Bonchev–Trinajstić information content (AvgIpc) is 2.46. The Bertz CT molecular complexity index is 573. The zero-order valence-electron chi connectivity index (χ0n) is 14.0. The van der Waals surface area contributed by atoms with Gasteiger partial charge in [-0.15, -0.1) is 0 Å². The first-order valence-electron chi connectivity index (χ1n) is 7.89. The molecule has 3 N–H and O–H groups in total. The summed E-state index contributed by atoms with van der Waals surface area (Å²) in [5, 5.41) is 2.86. The molecule has 2 amide bonds. The summed E-state index contributed by atoms with van der Waals surface area (Å²) in [4.78, 5) is 26.0. The van der Waals surface area contributed by atoms with Gasteiger partial charge in [-0.1, -0.05) is 12.1 Å². The molecule has 0 atom stereocenters. The second-order valence-electron chi connectivity index (χ2n) is 6.80. The quantitative estimate of drug-likeness (QED) is 0.820. The number of ether oxygens (including phenoxy) is 1. The maximum atomic E-state index is 12.5. The van der Waals surface area contributed by atoms with Crippen molar-refractivity contribution in [3.8, 4) is 0 Å². The van der Waals surface area contributed by atoms with Crippen molar-refractivity contribution in [3.63, 3.8) is 0 Å². The Morgan fingerprint density at radius 3 is 2.39 bits per heavy atom. The van der Waals surface area contributed by atoms with Crippen LogP contribution in [0.1, 0.15) is 44.0 Å². The minimum absolute atomic E-state index is 0.0296. The third-order valence-corrected chi connectivity index (χ3v) is 3.69. The van der Waals surface area contributed by atoms with Gasteiger partial charge in [-0.2, -0.15) is 0 Å². The minimum atomic E-state index is -0.508. The van der Waals surface area contributed by atoms with Gasteiger partial charge in [-0.05, 0) is 45.7 Å². The lowest BCUT2D eigenvalue weighted by Crippen LogP contribution is -2.47. The van der Waals surface area contributed by atoms with E-state index in [9.17, 15) is 9.59 Å². The molecular formula is C17H25N3O3. The van der Waals surface area contributed by atoms with Gasteiger partial charge in [0, 0.05) is 24.8 Å². The molecule has 126 valence electrons. The zero-order valence-corrected chi connectivity index (χ0v) is 14.0. The predicted octanol–water partition coefficient (Wildman–Crippen LogP) is 2.40. The molecule has 0 bridgehead atoms. The number of nitrogens with one attached hydrogen (secondary N) is 1. The second kappa shape index (κ2) is 6.89. The molecule has 1 aliphatic heterocycles. The first kappa shape index (κ1) is 17.1. The standard InChI is InChI=1S/C17H25N3O3/c1-17(2,3)23-16(22)19-12-8-10-20(11-9-12)15(21)13-6-4-5-7-14(13)18/h4-7,12H,8-11,18H2,1-3H3,(H,19,22). The van der Waals surface area contributed by atoms with Gasteiger partial charge in [0.05, 0.1) is 5.56 Å². The van der Waals surface area contributed by atoms with E-state index in [-0.39, 0.29) is 11.9 Å². The molecule has 0 spiro atoms. The van der Waals surface area contributed by atoms with Gasteiger partial charge in [-0.25, -0.2) is 4.79 Å². The van der Waals surface area contributed by atoms with Gasteiger partial charge >= 0.3 is 6.09 Å². The number of benzene rings is 1. The normalized spacial score (nSPS) is 16.0. The minimum Gasteiger partial charge on any atom is -0.444 e. The van der Waals surface area contributed by atoms with Crippen LogP contribution < -0.4 is 11.1 Å². The lowest BCUT2D eigenvalue weighted by Gasteiger charge is -2.33. The van der Waals surface area contributed by atoms with Crippen molar-refractivity contribution >= 4 is 17.7 Å². The number of nitrogens with zero attached hydrogens (tertiary/aromatic N) is 1. The number of hydrogen-bond donors (Lipinski definition) is 2. The number of nitrogens with two attached hydrogens (primary N) is 1. The lowest BCUT2D eigenvalue weighted by molar-refractivity contribution is 0.0474. The summed E-state index contributed by atoms with van der Waals surface area (Å²) in [6.07, 6.45) is 1.00. The van der Waals surface area contributed by atoms with E-state index in [1.807, 2.05) is 26.8 Å². The fourth-order valence-corrected chi connectivity index (χ4v) is 2.56. The Labute approximate surface area is 137 Å². The van der Waals surface area contributed by atoms with E-state index in [2.05, 4.69) is 5.32 Å². The number of para-hydroxylation sites is 1. The summed E-state index contributed by atoms with van der Waals surface area (Å²) in [7, 11) is 0. The summed E-state index contributed by atoms with van der Waals surface area (Å²) in [6.45, 7) is 6.68. The van der Waals surface area contributed by atoms with Crippen LogP contribution in [0.5, 0.6) is 0 Å². The molecule has 1 aromatic rings. The summed E-state index contributed by atoms with van der Waals surface area (Å²) < 4.78 is 5.25. The first-order chi connectivity index (χ1) is 10.8. The second-order valence-corrected chi connectivity index (χ2v) is 6.80. The number of carbonyl (C=O) groups excluding carboxylic acids is 2. The Kier molecular flexibility index (Phi) is 5.13. The van der Waals surface area contributed by atoms with Crippen LogP contribution in [0.15, 0.2) is 24.3 Å². The third-order valence-electron chi connectivity index (χ3n) is 3.69. The highest BCUT2D eigenvalue weighted by molar-refractivity contribution is 5.99. The summed E-state index contributed by atoms with van der Waals surface area (Å²) in [5.74, 6) is -0.0566. The molecule has 1 heterocycles. The number of nitrogen functional groups attached to an aromatic ring is 1. The fourth-order valence-electron chi connectivity index (χ4n) is 2.56. The molecule has 6 heteroatoms. The van der Waals surface area contributed by atoms with Crippen LogP contribution in [0.2, 0.25) is 0 Å². The molecule has 0 aliphatic carbocycles.